The van der Waals surface area contributed by atoms with Gasteiger partial charge >= 0.3 is 0 Å². The Hall–Kier alpha value is -0.750. The van der Waals surface area contributed by atoms with Crippen LogP contribution in [0.3, 0.4) is 0 Å². The summed E-state index contributed by atoms with van der Waals surface area (Å²) in [7, 11) is 0. The van der Waals surface area contributed by atoms with Crippen LogP contribution in [0.5, 0.6) is 0 Å². The Kier molecular flexibility index (Phi) is 2.72. The predicted molar refractivity (Wildman–Crippen MR) is 41.8 cm³/mol. The van der Waals surface area contributed by atoms with E-state index in [2.05, 4.69) is 13.1 Å². The maximum absolute atomic E-state index is 8.73. The minimum atomic E-state index is 0.206. The van der Waals surface area contributed by atoms with Crippen LogP contribution >= 0.6 is 0 Å². The van der Waals surface area contributed by atoms with Crippen molar-refractivity contribution in [3.63, 3.8) is 0 Å². The van der Waals surface area contributed by atoms with Gasteiger partial charge in [-0.2, -0.15) is 5.26 Å². The van der Waals surface area contributed by atoms with Gasteiger partial charge in [0.2, 0.25) is 0 Å². The molecule has 1 fully saturated rings. The van der Waals surface area contributed by atoms with Crippen molar-refractivity contribution in [1.29, 1.82) is 5.26 Å². The second-order valence-electron chi connectivity index (χ2n) is 2.96. The van der Waals surface area contributed by atoms with Crippen LogP contribution in [0.2, 0.25) is 0 Å². The Bertz CT molecular complexity index is 164. The zero-order valence-corrected chi connectivity index (χ0v) is 7.08. The zero-order chi connectivity index (χ0) is 8.27. The van der Waals surface area contributed by atoms with E-state index in [-0.39, 0.29) is 6.10 Å². The summed E-state index contributed by atoms with van der Waals surface area (Å²) in [5.74, 6) is 0. The summed E-state index contributed by atoms with van der Waals surface area (Å²) in [5, 5.41) is 8.73. The monoisotopic (exact) mass is 154 g/mol. The first-order valence-corrected chi connectivity index (χ1v) is 4.06. The lowest BCUT2D eigenvalue weighted by atomic mass is 10.1. The first-order valence-electron chi connectivity index (χ1n) is 4.06. The summed E-state index contributed by atoms with van der Waals surface area (Å²) in [6.45, 7) is 5.52. The molecule has 2 atom stereocenters. The van der Waals surface area contributed by atoms with Crippen LogP contribution < -0.4 is 0 Å². The number of ether oxygens (including phenoxy) is 1. The van der Waals surface area contributed by atoms with E-state index in [0.29, 0.717) is 12.6 Å². The van der Waals surface area contributed by atoms with E-state index in [4.69, 9.17) is 10.00 Å². The van der Waals surface area contributed by atoms with Crippen LogP contribution in [0.4, 0.5) is 0 Å². The van der Waals surface area contributed by atoms with Gasteiger partial charge in [0.25, 0.3) is 0 Å². The smallest absolute Gasteiger partial charge is 0.179 e. The van der Waals surface area contributed by atoms with Crippen LogP contribution in [0.25, 0.3) is 0 Å². The molecule has 1 heterocycles. The second-order valence-corrected chi connectivity index (χ2v) is 2.96. The predicted octanol–water partition coefficient (Wildman–Crippen LogP) is 0.967. The highest BCUT2D eigenvalue weighted by Crippen LogP contribution is 2.12. The van der Waals surface area contributed by atoms with Gasteiger partial charge in [-0.25, -0.2) is 0 Å². The number of morpholine rings is 1. The van der Waals surface area contributed by atoms with Gasteiger partial charge < -0.3 is 9.64 Å². The molecule has 1 rings (SSSR count). The van der Waals surface area contributed by atoms with E-state index in [1.54, 1.807) is 0 Å². The third-order valence-corrected chi connectivity index (χ3v) is 2.07. The van der Waals surface area contributed by atoms with Crippen molar-refractivity contribution in [2.45, 2.75) is 32.4 Å². The molecule has 3 nitrogen and oxygen atoms in total. The zero-order valence-electron chi connectivity index (χ0n) is 7.08. The van der Waals surface area contributed by atoms with Crippen LogP contribution in [-0.4, -0.2) is 30.2 Å². The van der Waals surface area contributed by atoms with Gasteiger partial charge in [0.1, 0.15) is 0 Å². The Morgan fingerprint density at radius 3 is 3.00 bits per heavy atom. The van der Waals surface area contributed by atoms with Crippen molar-refractivity contribution in [1.82, 2.24) is 4.90 Å². The van der Waals surface area contributed by atoms with Crippen LogP contribution in [0, 0.1) is 11.5 Å². The Morgan fingerprint density at radius 2 is 2.45 bits per heavy atom. The lowest BCUT2D eigenvalue weighted by Crippen LogP contribution is -2.45. The van der Waals surface area contributed by atoms with Crippen LogP contribution in [0.1, 0.15) is 20.3 Å². The molecule has 0 aromatic heterocycles. The normalized spacial score (nSPS) is 31.5. The fraction of sp³-hybridized carbons (Fsp3) is 0.875. The number of hydrogen-bond acceptors (Lipinski definition) is 3. The third kappa shape index (κ3) is 1.84. The molecular formula is C8H14N2O. The summed E-state index contributed by atoms with van der Waals surface area (Å²) in [6, 6.07) is 0.302. The summed E-state index contributed by atoms with van der Waals surface area (Å²) >= 11 is 0. The molecule has 1 aliphatic heterocycles. The van der Waals surface area contributed by atoms with E-state index in [1.807, 2.05) is 11.8 Å². The lowest BCUT2D eigenvalue weighted by Gasteiger charge is -2.34. The molecule has 1 saturated heterocycles. The van der Waals surface area contributed by atoms with E-state index < -0.39 is 0 Å². The molecule has 0 spiro atoms. The molecule has 0 aromatic carbocycles. The van der Waals surface area contributed by atoms with Crippen LogP contribution in [0.15, 0.2) is 0 Å². The number of nitrogens with zero attached hydrogens (tertiary/aromatic N) is 2. The van der Waals surface area contributed by atoms with Crippen molar-refractivity contribution in [3.8, 4) is 6.19 Å². The molecule has 0 aromatic rings. The Labute approximate surface area is 67.6 Å². The van der Waals surface area contributed by atoms with Gasteiger partial charge in [0.05, 0.1) is 25.3 Å². The maximum atomic E-state index is 8.73. The third-order valence-electron chi connectivity index (χ3n) is 2.07. The lowest BCUT2D eigenvalue weighted by molar-refractivity contribution is -0.0334. The minimum Gasteiger partial charge on any atom is -0.374 e. The molecule has 3 heteroatoms. The van der Waals surface area contributed by atoms with Gasteiger partial charge in [-0.1, -0.05) is 6.92 Å². The number of nitriles is 1. The molecular weight excluding hydrogens is 140 g/mol. The fourth-order valence-corrected chi connectivity index (χ4v) is 1.30. The molecule has 0 bridgehead atoms. The van der Waals surface area contributed by atoms with E-state index in [9.17, 15) is 0 Å². The number of hydrogen-bond donors (Lipinski definition) is 0. The Balaban J connectivity index is 2.50. The average molecular weight is 154 g/mol. The van der Waals surface area contributed by atoms with E-state index >= 15 is 0 Å². The first-order chi connectivity index (χ1) is 5.27. The second kappa shape index (κ2) is 3.59. The van der Waals surface area contributed by atoms with E-state index in [1.165, 1.54) is 0 Å². The average Bonchev–Trinajstić information content (AvgIpc) is 2.04. The summed E-state index contributed by atoms with van der Waals surface area (Å²) in [4.78, 5) is 1.81. The highest BCUT2D eigenvalue weighted by Gasteiger charge is 2.23. The number of rotatable bonds is 1. The SMILES string of the molecule is CCC1COC(C)CN1C#N. The van der Waals surface area contributed by atoms with Crippen molar-refractivity contribution in [3.05, 3.63) is 0 Å². The first kappa shape index (κ1) is 8.35. The van der Waals surface area contributed by atoms with Crippen LogP contribution in [-0.2, 0) is 4.74 Å². The molecule has 0 saturated carbocycles. The molecule has 62 valence electrons. The van der Waals surface area contributed by atoms with Crippen molar-refractivity contribution >= 4 is 0 Å². The molecule has 11 heavy (non-hydrogen) atoms. The van der Waals surface area contributed by atoms with Crippen molar-refractivity contribution in [2.24, 2.45) is 0 Å². The van der Waals surface area contributed by atoms with Gasteiger partial charge in [-0.05, 0) is 13.3 Å². The molecule has 0 radical (unpaired) electrons. The molecule has 0 N–H and O–H groups in total. The van der Waals surface area contributed by atoms with Crippen molar-refractivity contribution in [2.75, 3.05) is 13.2 Å². The minimum absolute atomic E-state index is 0.206. The molecule has 1 aliphatic rings. The van der Waals surface area contributed by atoms with Gasteiger partial charge in [-0.3, -0.25) is 0 Å². The molecule has 0 amide bonds. The fourth-order valence-electron chi connectivity index (χ4n) is 1.30. The van der Waals surface area contributed by atoms with Gasteiger partial charge in [-0.15, -0.1) is 0 Å². The van der Waals surface area contributed by atoms with E-state index in [0.717, 1.165) is 13.0 Å². The summed E-state index contributed by atoms with van der Waals surface area (Å²) < 4.78 is 5.42. The highest BCUT2D eigenvalue weighted by atomic mass is 16.5. The van der Waals surface area contributed by atoms with Gasteiger partial charge in [0.15, 0.2) is 6.19 Å². The maximum Gasteiger partial charge on any atom is 0.179 e. The topological polar surface area (TPSA) is 36.3 Å². The molecule has 2 unspecified atom stereocenters. The van der Waals surface area contributed by atoms with Gasteiger partial charge in [0, 0.05) is 0 Å². The Morgan fingerprint density at radius 1 is 1.73 bits per heavy atom. The highest BCUT2D eigenvalue weighted by molar-refractivity contribution is 4.86. The summed E-state index contributed by atoms with van der Waals surface area (Å²) in [5.41, 5.74) is 0. The van der Waals surface area contributed by atoms with Crippen molar-refractivity contribution < 1.29 is 4.74 Å². The quantitative estimate of drug-likeness (QED) is 0.528. The molecule has 0 aliphatic carbocycles. The largest absolute Gasteiger partial charge is 0.374 e. The standard InChI is InChI=1S/C8H14N2O/c1-3-8-5-11-7(2)4-10(8)6-9/h7-8H,3-5H2,1-2H3. The summed E-state index contributed by atoms with van der Waals surface area (Å²) in [6.07, 6.45) is 3.38.